The SMILES string of the molecule is N#Cc1cc(SNC(=O)C2CCCCO2)cc(Cl)c1N. The third-order valence-electron chi connectivity index (χ3n) is 2.97. The highest BCUT2D eigenvalue weighted by atomic mass is 35.5. The van der Waals surface area contributed by atoms with E-state index in [1.54, 1.807) is 12.1 Å². The number of nitrogens with zero attached hydrogens (tertiary/aromatic N) is 1. The van der Waals surface area contributed by atoms with Gasteiger partial charge >= 0.3 is 0 Å². The minimum atomic E-state index is -0.393. The Bertz CT molecular complexity index is 553. The predicted octanol–water partition coefficient (Wildman–Crippen LogP) is 2.49. The Morgan fingerprint density at radius 1 is 1.55 bits per heavy atom. The van der Waals surface area contributed by atoms with Gasteiger partial charge in [-0.3, -0.25) is 9.52 Å². The summed E-state index contributed by atoms with van der Waals surface area (Å²) in [5, 5.41) is 9.24. The maximum absolute atomic E-state index is 11.9. The Labute approximate surface area is 126 Å². The smallest absolute Gasteiger partial charge is 0.259 e. The van der Waals surface area contributed by atoms with Gasteiger partial charge in [-0.1, -0.05) is 11.6 Å². The first-order chi connectivity index (χ1) is 9.61. The second kappa shape index (κ2) is 6.84. The molecule has 1 aromatic rings. The van der Waals surface area contributed by atoms with Gasteiger partial charge in [0.05, 0.1) is 16.3 Å². The van der Waals surface area contributed by atoms with Crippen LogP contribution >= 0.6 is 23.5 Å². The Balaban J connectivity index is 1.98. The van der Waals surface area contributed by atoms with Crippen LogP contribution in [0.4, 0.5) is 5.69 Å². The summed E-state index contributed by atoms with van der Waals surface area (Å²) in [6.07, 6.45) is 2.33. The summed E-state index contributed by atoms with van der Waals surface area (Å²) in [6.45, 7) is 0.620. The van der Waals surface area contributed by atoms with Crippen LogP contribution in [0.5, 0.6) is 0 Å². The van der Waals surface area contributed by atoms with Gasteiger partial charge in [-0.25, -0.2) is 0 Å². The van der Waals surface area contributed by atoms with Crippen molar-refractivity contribution < 1.29 is 9.53 Å². The van der Waals surface area contributed by atoms with E-state index in [1.165, 1.54) is 0 Å². The molecule has 0 saturated carbocycles. The van der Waals surface area contributed by atoms with Gasteiger partial charge in [0.25, 0.3) is 5.91 Å². The molecule has 20 heavy (non-hydrogen) atoms. The summed E-state index contributed by atoms with van der Waals surface area (Å²) in [6, 6.07) is 5.17. The monoisotopic (exact) mass is 311 g/mol. The van der Waals surface area contributed by atoms with Crippen molar-refractivity contribution in [3.63, 3.8) is 0 Å². The van der Waals surface area contributed by atoms with Gasteiger partial charge in [-0.05, 0) is 43.3 Å². The van der Waals surface area contributed by atoms with E-state index in [0.29, 0.717) is 22.1 Å². The Morgan fingerprint density at radius 2 is 2.35 bits per heavy atom. The molecular weight excluding hydrogens is 298 g/mol. The summed E-state index contributed by atoms with van der Waals surface area (Å²) in [5.74, 6) is -0.166. The van der Waals surface area contributed by atoms with Gasteiger partial charge in [0.15, 0.2) is 0 Å². The normalized spacial score (nSPS) is 18.3. The van der Waals surface area contributed by atoms with E-state index in [-0.39, 0.29) is 11.6 Å². The van der Waals surface area contributed by atoms with Gasteiger partial charge in [0, 0.05) is 11.5 Å². The fourth-order valence-electron chi connectivity index (χ4n) is 1.87. The molecule has 1 aliphatic heterocycles. The number of amides is 1. The van der Waals surface area contributed by atoms with E-state index in [4.69, 9.17) is 27.3 Å². The highest BCUT2D eigenvalue weighted by Gasteiger charge is 2.22. The molecule has 1 aromatic carbocycles. The molecule has 0 aliphatic carbocycles. The minimum absolute atomic E-state index is 0.166. The summed E-state index contributed by atoms with van der Waals surface area (Å²) >= 11 is 7.04. The lowest BCUT2D eigenvalue weighted by atomic mass is 10.1. The molecule has 7 heteroatoms. The molecule has 0 spiro atoms. The molecule has 0 aromatic heterocycles. The Kier molecular flexibility index (Phi) is 5.12. The zero-order valence-electron chi connectivity index (χ0n) is 10.7. The number of nitriles is 1. The fraction of sp³-hybridized carbons (Fsp3) is 0.385. The number of carbonyl (C=O) groups excluding carboxylic acids is 1. The van der Waals surface area contributed by atoms with Crippen LogP contribution in [0.15, 0.2) is 17.0 Å². The first-order valence-electron chi connectivity index (χ1n) is 6.19. The van der Waals surface area contributed by atoms with Crippen molar-refractivity contribution in [2.75, 3.05) is 12.3 Å². The van der Waals surface area contributed by atoms with E-state index in [0.717, 1.165) is 31.2 Å². The molecule has 3 N–H and O–H groups in total. The lowest BCUT2D eigenvalue weighted by molar-refractivity contribution is -0.133. The first-order valence-corrected chi connectivity index (χ1v) is 7.38. The quantitative estimate of drug-likeness (QED) is 0.661. The van der Waals surface area contributed by atoms with Crippen LogP contribution in [0.1, 0.15) is 24.8 Å². The zero-order chi connectivity index (χ0) is 14.5. The number of anilines is 1. The topological polar surface area (TPSA) is 88.1 Å². The molecule has 0 radical (unpaired) electrons. The summed E-state index contributed by atoms with van der Waals surface area (Å²) in [7, 11) is 0. The molecule has 2 rings (SSSR count). The molecule has 106 valence electrons. The third kappa shape index (κ3) is 3.57. The number of halogens is 1. The summed E-state index contributed by atoms with van der Waals surface area (Å²) in [5.41, 5.74) is 6.21. The van der Waals surface area contributed by atoms with Crippen LogP contribution in [0.2, 0.25) is 5.02 Å². The van der Waals surface area contributed by atoms with Crippen molar-refractivity contribution in [1.29, 1.82) is 5.26 Å². The van der Waals surface area contributed by atoms with Crippen LogP contribution in [0.3, 0.4) is 0 Å². The standard InChI is InChI=1S/C13H14ClN3O2S/c14-10-6-9(5-8(7-15)12(10)16)20-17-13(18)11-3-1-2-4-19-11/h5-6,11H,1-4,16H2,(H,17,18). The van der Waals surface area contributed by atoms with Crippen molar-refractivity contribution in [3.8, 4) is 6.07 Å². The number of rotatable bonds is 3. The number of benzene rings is 1. The molecule has 1 unspecified atom stereocenters. The molecule has 1 heterocycles. The van der Waals surface area contributed by atoms with Gasteiger partial charge in [0.1, 0.15) is 12.2 Å². The van der Waals surface area contributed by atoms with E-state index >= 15 is 0 Å². The summed E-state index contributed by atoms with van der Waals surface area (Å²) < 4.78 is 8.10. The second-order valence-corrected chi connectivity index (χ2v) is 5.69. The average molecular weight is 312 g/mol. The van der Waals surface area contributed by atoms with Gasteiger partial charge in [0.2, 0.25) is 0 Å². The molecule has 1 fully saturated rings. The predicted molar refractivity (Wildman–Crippen MR) is 78.2 cm³/mol. The molecule has 1 atom stereocenters. The van der Waals surface area contributed by atoms with E-state index < -0.39 is 6.10 Å². The van der Waals surface area contributed by atoms with Crippen molar-refractivity contribution in [1.82, 2.24) is 4.72 Å². The largest absolute Gasteiger partial charge is 0.396 e. The van der Waals surface area contributed by atoms with Gasteiger partial charge in [-0.15, -0.1) is 0 Å². The second-order valence-electron chi connectivity index (χ2n) is 4.40. The average Bonchev–Trinajstić information content (AvgIpc) is 2.48. The van der Waals surface area contributed by atoms with Crippen molar-refractivity contribution in [3.05, 3.63) is 22.7 Å². The highest BCUT2D eigenvalue weighted by Crippen LogP contribution is 2.28. The van der Waals surface area contributed by atoms with E-state index in [2.05, 4.69) is 4.72 Å². The van der Waals surface area contributed by atoms with Crippen molar-refractivity contribution in [2.45, 2.75) is 30.3 Å². The maximum atomic E-state index is 11.9. The first kappa shape index (κ1) is 15.0. The number of nitrogens with one attached hydrogen (secondary N) is 1. The van der Waals surface area contributed by atoms with E-state index in [1.807, 2.05) is 6.07 Å². The lowest BCUT2D eigenvalue weighted by Gasteiger charge is -2.21. The fourth-order valence-corrected chi connectivity index (χ4v) is 2.85. The molecule has 1 saturated heterocycles. The van der Waals surface area contributed by atoms with Crippen LogP contribution < -0.4 is 10.5 Å². The summed E-state index contributed by atoms with van der Waals surface area (Å²) in [4.78, 5) is 12.6. The number of nitrogens with two attached hydrogens (primary N) is 1. The van der Waals surface area contributed by atoms with Gasteiger partial charge in [-0.2, -0.15) is 5.26 Å². The third-order valence-corrected chi connectivity index (χ3v) is 4.05. The minimum Gasteiger partial charge on any atom is -0.396 e. The molecule has 1 amide bonds. The van der Waals surface area contributed by atoms with Crippen LogP contribution in [-0.2, 0) is 9.53 Å². The van der Waals surface area contributed by atoms with Crippen LogP contribution in [-0.4, -0.2) is 18.6 Å². The highest BCUT2D eigenvalue weighted by molar-refractivity contribution is 7.98. The van der Waals surface area contributed by atoms with Crippen LogP contribution in [0, 0.1) is 11.3 Å². The number of hydrogen-bond acceptors (Lipinski definition) is 5. The number of nitrogen functional groups attached to an aromatic ring is 1. The van der Waals surface area contributed by atoms with Crippen LogP contribution in [0.25, 0.3) is 0 Å². The Morgan fingerprint density at radius 3 is 3.00 bits per heavy atom. The van der Waals surface area contributed by atoms with Gasteiger partial charge < -0.3 is 10.5 Å². The Hall–Kier alpha value is -1.42. The molecule has 5 nitrogen and oxygen atoms in total. The number of carbonyl (C=O) groups is 1. The number of ether oxygens (including phenoxy) is 1. The maximum Gasteiger partial charge on any atom is 0.259 e. The molecular formula is C13H14ClN3O2S. The van der Waals surface area contributed by atoms with Crippen molar-refractivity contribution in [2.24, 2.45) is 0 Å². The molecule has 0 bridgehead atoms. The van der Waals surface area contributed by atoms with E-state index in [9.17, 15) is 4.79 Å². The molecule has 1 aliphatic rings. The van der Waals surface area contributed by atoms with Crippen molar-refractivity contribution >= 4 is 35.1 Å². The lowest BCUT2D eigenvalue weighted by Crippen LogP contribution is -2.35. The zero-order valence-corrected chi connectivity index (χ0v) is 12.3. The number of hydrogen-bond donors (Lipinski definition) is 2.